The lowest BCUT2D eigenvalue weighted by atomic mass is 9.97. The van der Waals surface area contributed by atoms with Gasteiger partial charge in [-0.25, -0.2) is 13.1 Å². The van der Waals surface area contributed by atoms with E-state index in [1.165, 1.54) is 11.3 Å². The average molecular weight is 310 g/mol. The topological polar surface area (TPSA) is 59.1 Å². The normalized spacial score (nSPS) is 12.6. The Hall–Kier alpha value is -1.24. The van der Waals surface area contributed by atoms with Gasteiger partial charge < -0.3 is 0 Å². The van der Waals surface area contributed by atoms with Gasteiger partial charge in [0.05, 0.1) is 5.54 Å². The molecule has 0 bridgehead atoms. The van der Waals surface area contributed by atoms with Crippen molar-refractivity contribution in [1.82, 2.24) is 9.71 Å². The first-order valence-corrected chi connectivity index (χ1v) is 8.68. The molecule has 0 spiro atoms. The van der Waals surface area contributed by atoms with Crippen LogP contribution in [0.2, 0.25) is 0 Å². The van der Waals surface area contributed by atoms with Crippen LogP contribution in [0.25, 0.3) is 0 Å². The minimum Gasteiger partial charge on any atom is -0.265 e. The molecule has 2 aromatic heterocycles. The van der Waals surface area contributed by atoms with Crippen molar-refractivity contribution in [1.29, 1.82) is 0 Å². The lowest BCUT2D eigenvalue weighted by Crippen LogP contribution is -2.40. The van der Waals surface area contributed by atoms with E-state index in [9.17, 15) is 8.42 Å². The SMILES string of the molecule is CCc1ccc(S(=O)(=O)NC(C)(C)c2ccncc2)s1. The molecule has 2 aromatic rings. The molecule has 2 rings (SSSR count). The van der Waals surface area contributed by atoms with Crippen molar-refractivity contribution in [3.05, 3.63) is 47.1 Å². The van der Waals surface area contributed by atoms with E-state index in [-0.39, 0.29) is 0 Å². The lowest BCUT2D eigenvalue weighted by molar-refractivity contribution is 0.472. The monoisotopic (exact) mass is 310 g/mol. The Morgan fingerprint density at radius 1 is 1.20 bits per heavy atom. The van der Waals surface area contributed by atoms with Crippen LogP contribution in [0.15, 0.2) is 40.9 Å². The number of sulfonamides is 1. The molecule has 0 aliphatic carbocycles. The molecule has 0 aliphatic rings. The Bertz CT molecular complexity index is 676. The van der Waals surface area contributed by atoms with Crippen molar-refractivity contribution < 1.29 is 8.42 Å². The van der Waals surface area contributed by atoms with Crippen LogP contribution in [0.1, 0.15) is 31.2 Å². The standard InChI is InChI=1S/C14H18N2O2S2/c1-4-12-5-6-13(19-12)20(17,18)16-14(2,3)11-7-9-15-10-8-11/h5-10,16H,4H2,1-3H3. The summed E-state index contributed by atoms with van der Waals surface area (Å²) in [7, 11) is -3.51. The van der Waals surface area contributed by atoms with Crippen LogP contribution >= 0.6 is 11.3 Å². The van der Waals surface area contributed by atoms with Crippen LogP contribution in [0, 0.1) is 0 Å². The van der Waals surface area contributed by atoms with E-state index in [0.717, 1.165) is 16.9 Å². The highest BCUT2D eigenvalue weighted by molar-refractivity contribution is 7.91. The van der Waals surface area contributed by atoms with Crippen molar-refractivity contribution in [3.8, 4) is 0 Å². The summed E-state index contributed by atoms with van der Waals surface area (Å²) >= 11 is 1.31. The maximum atomic E-state index is 12.4. The molecule has 0 aromatic carbocycles. The molecule has 0 atom stereocenters. The largest absolute Gasteiger partial charge is 0.265 e. The highest BCUT2D eigenvalue weighted by Gasteiger charge is 2.28. The van der Waals surface area contributed by atoms with Gasteiger partial charge in [0.2, 0.25) is 0 Å². The number of aromatic nitrogens is 1. The van der Waals surface area contributed by atoms with Gasteiger partial charge in [-0.05, 0) is 50.1 Å². The smallest absolute Gasteiger partial charge is 0.250 e. The van der Waals surface area contributed by atoms with Crippen LogP contribution in [-0.4, -0.2) is 13.4 Å². The van der Waals surface area contributed by atoms with Gasteiger partial charge in [-0.3, -0.25) is 4.98 Å². The van der Waals surface area contributed by atoms with Gasteiger partial charge in [0.25, 0.3) is 10.0 Å². The van der Waals surface area contributed by atoms with E-state index >= 15 is 0 Å². The average Bonchev–Trinajstić information content (AvgIpc) is 2.88. The van der Waals surface area contributed by atoms with E-state index in [0.29, 0.717) is 4.21 Å². The Morgan fingerprint density at radius 3 is 2.40 bits per heavy atom. The second kappa shape index (κ2) is 5.63. The first kappa shape index (κ1) is 15.2. The summed E-state index contributed by atoms with van der Waals surface area (Å²) in [6, 6.07) is 7.15. The van der Waals surface area contributed by atoms with Gasteiger partial charge >= 0.3 is 0 Å². The second-order valence-corrected chi connectivity index (χ2v) is 8.12. The molecule has 6 heteroatoms. The van der Waals surface area contributed by atoms with Crippen molar-refractivity contribution in [3.63, 3.8) is 0 Å². The molecule has 1 N–H and O–H groups in total. The van der Waals surface area contributed by atoms with Gasteiger partial charge in [0, 0.05) is 17.3 Å². The van der Waals surface area contributed by atoms with E-state index in [1.807, 2.05) is 39.0 Å². The number of hydrogen-bond acceptors (Lipinski definition) is 4. The quantitative estimate of drug-likeness (QED) is 0.923. The Labute approximate surface area is 123 Å². The van der Waals surface area contributed by atoms with Crippen molar-refractivity contribution in [2.45, 2.75) is 36.9 Å². The maximum Gasteiger partial charge on any atom is 0.250 e. The highest BCUT2D eigenvalue weighted by atomic mass is 32.2. The highest BCUT2D eigenvalue weighted by Crippen LogP contribution is 2.26. The van der Waals surface area contributed by atoms with Gasteiger partial charge in [0.15, 0.2) is 0 Å². The summed E-state index contributed by atoms with van der Waals surface area (Å²) in [5.41, 5.74) is 0.196. The summed E-state index contributed by atoms with van der Waals surface area (Å²) in [5, 5.41) is 0. The Balaban J connectivity index is 2.28. The van der Waals surface area contributed by atoms with Crippen LogP contribution in [-0.2, 0) is 22.0 Å². The molecule has 0 radical (unpaired) electrons. The molecule has 0 saturated carbocycles. The number of nitrogens with zero attached hydrogens (tertiary/aromatic N) is 1. The number of rotatable bonds is 5. The molecule has 0 amide bonds. The zero-order chi connectivity index (χ0) is 14.8. The summed E-state index contributed by atoms with van der Waals surface area (Å²) in [5.74, 6) is 0. The first-order valence-electron chi connectivity index (χ1n) is 6.38. The maximum absolute atomic E-state index is 12.4. The van der Waals surface area contributed by atoms with Gasteiger partial charge in [0.1, 0.15) is 4.21 Å². The summed E-state index contributed by atoms with van der Waals surface area (Å²) < 4.78 is 28.0. The molecular formula is C14H18N2O2S2. The predicted octanol–water partition coefficient (Wildman–Crippen LogP) is 2.92. The van der Waals surface area contributed by atoms with Gasteiger partial charge in [-0.2, -0.15) is 0 Å². The van der Waals surface area contributed by atoms with E-state index in [1.54, 1.807) is 18.5 Å². The number of nitrogens with one attached hydrogen (secondary N) is 1. The Morgan fingerprint density at radius 2 is 1.85 bits per heavy atom. The summed E-state index contributed by atoms with van der Waals surface area (Å²) in [6.45, 7) is 5.69. The van der Waals surface area contributed by atoms with E-state index < -0.39 is 15.6 Å². The first-order chi connectivity index (χ1) is 9.35. The predicted molar refractivity (Wildman–Crippen MR) is 81.3 cm³/mol. The van der Waals surface area contributed by atoms with Gasteiger partial charge in [-0.1, -0.05) is 6.92 Å². The number of aryl methyl sites for hydroxylation is 1. The van der Waals surface area contributed by atoms with Crippen molar-refractivity contribution >= 4 is 21.4 Å². The molecule has 20 heavy (non-hydrogen) atoms. The summed E-state index contributed by atoms with van der Waals surface area (Å²) in [4.78, 5) is 5.01. The minimum atomic E-state index is -3.51. The van der Waals surface area contributed by atoms with Crippen molar-refractivity contribution in [2.75, 3.05) is 0 Å². The fourth-order valence-electron chi connectivity index (χ4n) is 1.91. The zero-order valence-electron chi connectivity index (χ0n) is 11.8. The molecule has 0 saturated heterocycles. The van der Waals surface area contributed by atoms with Crippen molar-refractivity contribution in [2.24, 2.45) is 0 Å². The number of thiophene rings is 1. The molecule has 108 valence electrons. The number of hydrogen-bond donors (Lipinski definition) is 1. The molecule has 0 fully saturated rings. The molecular weight excluding hydrogens is 292 g/mol. The molecule has 0 aliphatic heterocycles. The summed E-state index contributed by atoms with van der Waals surface area (Å²) in [6.07, 6.45) is 4.16. The van der Waals surface area contributed by atoms with E-state index in [4.69, 9.17) is 0 Å². The Kier molecular flexibility index (Phi) is 4.27. The number of pyridine rings is 1. The fraction of sp³-hybridized carbons (Fsp3) is 0.357. The third-order valence-electron chi connectivity index (χ3n) is 3.04. The molecule has 0 unspecified atom stereocenters. The van der Waals surface area contributed by atoms with E-state index in [2.05, 4.69) is 9.71 Å². The molecule has 4 nitrogen and oxygen atoms in total. The van der Waals surface area contributed by atoms with Crippen LogP contribution < -0.4 is 4.72 Å². The van der Waals surface area contributed by atoms with Crippen LogP contribution in [0.4, 0.5) is 0 Å². The second-order valence-electron chi connectivity index (χ2n) is 5.04. The lowest BCUT2D eigenvalue weighted by Gasteiger charge is -2.26. The van der Waals surface area contributed by atoms with Crippen LogP contribution in [0.5, 0.6) is 0 Å². The fourth-order valence-corrected chi connectivity index (χ4v) is 4.60. The molecule has 2 heterocycles. The minimum absolute atomic E-state index is 0.358. The zero-order valence-corrected chi connectivity index (χ0v) is 13.4. The van der Waals surface area contributed by atoms with Crippen LogP contribution in [0.3, 0.4) is 0 Å². The van der Waals surface area contributed by atoms with Gasteiger partial charge in [-0.15, -0.1) is 11.3 Å². The third-order valence-corrected chi connectivity index (χ3v) is 6.42. The third kappa shape index (κ3) is 3.26.